The fourth-order valence-corrected chi connectivity index (χ4v) is 2.43. The van der Waals surface area contributed by atoms with Gasteiger partial charge in [-0.1, -0.05) is 45.1 Å². The van der Waals surface area contributed by atoms with Gasteiger partial charge in [-0.25, -0.2) is 0 Å². The van der Waals surface area contributed by atoms with Gasteiger partial charge in [0, 0.05) is 23.8 Å². The minimum atomic E-state index is 0.170. The second-order valence-corrected chi connectivity index (χ2v) is 6.04. The van der Waals surface area contributed by atoms with E-state index >= 15 is 0 Å². The lowest BCUT2D eigenvalue weighted by atomic mass is 10.1. The first-order valence-corrected chi connectivity index (χ1v) is 8.44. The first kappa shape index (κ1) is 15.9. The zero-order valence-corrected chi connectivity index (χ0v) is 13.2. The van der Waals surface area contributed by atoms with Gasteiger partial charge in [0.2, 0.25) is 5.91 Å². The van der Waals surface area contributed by atoms with Crippen molar-refractivity contribution in [3.05, 3.63) is 24.3 Å². The summed E-state index contributed by atoms with van der Waals surface area (Å²) in [6, 6.07) is 8.03. The highest BCUT2D eigenvalue weighted by molar-refractivity contribution is 5.94. The van der Waals surface area contributed by atoms with Crippen LogP contribution in [0.2, 0.25) is 0 Å². The Morgan fingerprint density at radius 3 is 2.57 bits per heavy atom. The highest BCUT2D eigenvalue weighted by Crippen LogP contribution is 2.30. The van der Waals surface area contributed by atoms with Crippen LogP contribution < -0.4 is 10.6 Å². The molecule has 21 heavy (non-hydrogen) atoms. The van der Waals surface area contributed by atoms with Gasteiger partial charge in [-0.2, -0.15) is 0 Å². The maximum atomic E-state index is 11.7. The molecule has 0 heterocycles. The highest BCUT2D eigenvalue weighted by atomic mass is 16.2. The molecule has 0 saturated heterocycles. The number of hydrogen-bond donors (Lipinski definition) is 2. The summed E-state index contributed by atoms with van der Waals surface area (Å²) in [5.41, 5.74) is 2.00. The Morgan fingerprint density at radius 2 is 1.81 bits per heavy atom. The highest BCUT2D eigenvalue weighted by Gasteiger charge is 2.29. The van der Waals surface area contributed by atoms with Gasteiger partial charge >= 0.3 is 0 Å². The lowest BCUT2D eigenvalue weighted by Gasteiger charge is -2.09. The van der Waals surface area contributed by atoms with Gasteiger partial charge in [0.25, 0.3) is 0 Å². The summed E-state index contributed by atoms with van der Waals surface area (Å²) in [5.74, 6) is 0.424. The molecular formula is C18H28N2O. The van der Waals surface area contributed by atoms with E-state index in [2.05, 4.69) is 23.6 Å². The molecule has 1 amide bonds. The van der Waals surface area contributed by atoms with Gasteiger partial charge in [0.05, 0.1) is 0 Å². The minimum Gasteiger partial charge on any atom is -0.385 e. The van der Waals surface area contributed by atoms with E-state index in [1.165, 1.54) is 38.5 Å². The molecular weight excluding hydrogens is 260 g/mol. The predicted molar refractivity (Wildman–Crippen MR) is 89.7 cm³/mol. The molecule has 0 aromatic heterocycles. The van der Waals surface area contributed by atoms with Gasteiger partial charge < -0.3 is 10.6 Å². The van der Waals surface area contributed by atoms with E-state index in [1.807, 2.05) is 18.2 Å². The molecule has 3 heteroatoms. The SMILES string of the molecule is CCCCCCCCNc1cccc(NC(=O)C2CC2)c1. The molecule has 0 atom stereocenters. The summed E-state index contributed by atoms with van der Waals surface area (Å²) >= 11 is 0. The Balaban J connectivity index is 1.65. The quantitative estimate of drug-likeness (QED) is 0.607. The van der Waals surface area contributed by atoms with E-state index in [1.54, 1.807) is 0 Å². The Bertz CT molecular complexity index is 441. The third-order valence-electron chi connectivity index (χ3n) is 3.94. The van der Waals surface area contributed by atoms with Crippen LogP contribution in [0.3, 0.4) is 0 Å². The largest absolute Gasteiger partial charge is 0.385 e. The summed E-state index contributed by atoms with van der Waals surface area (Å²) in [6.07, 6.45) is 9.96. The topological polar surface area (TPSA) is 41.1 Å². The monoisotopic (exact) mass is 288 g/mol. The van der Waals surface area contributed by atoms with Crippen LogP contribution in [0.15, 0.2) is 24.3 Å². The summed E-state index contributed by atoms with van der Waals surface area (Å²) in [7, 11) is 0. The Morgan fingerprint density at radius 1 is 1.10 bits per heavy atom. The summed E-state index contributed by atoms with van der Waals surface area (Å²) in [6.45, 7) is 3.25. The molecule has 1 fully saturated rings. The Hall–Kier alpha value is -1.51. The molecule has 1 aliphatic rings. The number of anilines is 2. The number of hydrogen-bond acceptors (Lipinski definition) is 2. The van der Waals surface area contributed by atoms with Crippen LogP contribution in [0.5, 0.6) is 0 Å². The van der Waals surface area contributed by atoms with Crippen molar-refractivity contribution in [2.75, 3.05) is 17.2 Å². The van der Waals surface area contributed by atoms with Crippen LogP contribution >= 0.6 is 0 Å². The second kappa shape index (κ2) is 8.71. The molecule has 2 N–H and O–H groups in total. The molecule has 1 aromatic rings. The number of carbonyl (C=O) groups is 1. The van der Waals surface area contributed by atoms with Crippen molar-refractivity contribution in [3.8, 4) is 0 Å². The van der Waals surface area contributed by atoms with E-state index in [0.29, 0.717) is 0 Å². The van der Waals surface area contributed by atoms with E-state index in [4.69, 9.17) is 0 Å². The van der Waals surface area contributed by atoms with Crippen LogP contribution in [0.4, 0.5) is 11.4 Å². The normalized spacial score (nSPS) is 14.0. The van der Waals surface area contributed by atoms with Crippen LogP contribution in [0, 0.1) is 5.92 Å². The van der Waals surface area contributed by atoms with Crippen LogP contribution in [-0.2, 0) is 4.79 Å². The first-order chi connectivity index (χ1) is 10.3. The van der Waals surface area contributed by atoms with Gasteiger partial charge in [-0.05, 0) is 37.5 Å². The second-order valence-electron chi connectivity index (χ2n) is 6.04. The molecule has 0 spiro atoms. The van der Waals surface area contributed by atoms with Gasteiger partial charge in [0.15, 0.2) is 0 Å². The fraction of sp³-hybridized carbons (Fsp3) is 0.611. The Kier molecular flexibility index (Phi) is 6.58. The lowest BCUT2D eigenvalue weighted by Crippen LogP contribution is -2.13. The average Bonchev–Trinajstić information content (AvgIpc) is 3.31. The van der Waals surface area contributed by atoms with Crippen LogP contribution in [0.25, 0.3) is 0 Å². The molecule has 0 radical (unpaired) electrons. The molecule has 0 bridgehead atoms. The van der Waals surface area contributed by atoms with E-state index in [0.717, 1.165) is 30.8 Å². The summed E-state index contributed by atoms with van der Waals surface area (Å²) in [4.78, 5) is 11.7. The first-order valence-electron chi connectivity index (χ1n) is 8.44. The van der Waals surface area contributed by atoms with Crippen molar-refractivity contribution in [2.24, 2.45) is 5.92 Å². The third kappa shape index (κ3) is 6.19. The molecule has 2 rings (SSSR count). The molecule has 1 aliphatic carbocycles. The van der Waals surface area contributed by atoms with Gasteiger partial charge in [-0.15, -0.1) is 0 Å². The van der Waals surface area contributed by atoms with Gasteiger partial charge in [0.1, 0.15) is 0 Å². The number of benzene rings is 1. The number of amides is 1. The van der Waals surface area contributed by atoms with Crippen molar-refractivity contribution in [1.82, 2.24) is 0 Å². The third-order valence-corrected chi connectivity index (χ3v) is 3.94. The average molecular weight is 288 g/mol. The predicted octanol–water partition coefficient (Wildman–Crippen LogP) is 4.81. The van der Waals surface area contributed by atoms with Crippen molar-refractivity contribution in [2.45, 2.75) is 58.3 Å². The number of rotatable bonds is 10. The van der Waals surface area contributed by atoms with Gasteiger partial charge in [-0.3, -0.25) is 4.79 Å². The number of carbonyl (C=O) groups excluding carboxylic acids is 1. The summed E-state index contributed by atoms with van der Waals surface area (Å²) < 4.78 is 0. The summed E-state index contributed by atoms with van der Waals surface area (Å²) in [5, 5.41) is 6.43. The molecule has 116 valence electrons. The van der Waals surface area contributed by atoms with Crippen LogP contribution in [0.1, 0.15) is 58.3 Å². The maximum absolute atomic E-state index is 11.7. The molecule has 1 aromatic carbocycles. The van der Waals surface area contributed by atoms with E-state index in [9.17, 15) is 4.79 Å². The fourth-order valence-electron chi connectivity index (χ4n) is 2.43. The smallest absolute Gasteiger partial charge is 0.227 e. The standard InChI is InChI=1S/C18H28N2O/c1-2-3-4-5-6-7-13-19-16-9-8-10-17(14-16)20-18(21)15-11-12-15/h8-10,14-15,19H,2-7,11-13H2,1H3,(H,20,21). The van der Waals surface area contributed by atoms with Crippen molar-refractivity contribution < 1.29 is 4.79 Å². The Labute approximate surface area is 128 Å². The molecule has 0 unspecified atom stereocenters. The van der Waals surface area contributed by atoms with Crippen molar-refractivity contribution in [3.63, 3.8) is 0 Å². The molecule has 0 aliphatic heterocycles. The van der Waals surface area contributed by atoms with Crippen molar-refractivity contribution >= 4 is 17.3 Å². The zero-order chi connectivity index (χ0) is 14.9. The van der Waals surface area contributed by atoms with Crippen LogP contribution in [-0.4, -0.2) is 12.5 Å². The van der Waals surface area contributed by atoms with E-state index in [-0.39, 0.29) is 11.8 Å². The van der Waals surface area contributed by atoms with Crippen molar-refractivity contribution in [1.29, 1.82) is 0 Å². The minimum absolute atomic E-state index is 0.170. The number of unbranched alkanes of at least 4 members (excludes halogenated alkanes) is 5. The number of nitrogens with one attached hydrogen (secondary N) is 2. The maximum Gasteiger partial charge on any atom is 0.227 e. The van der Waals surface area contributed by atoms with E-state index < -0.39 is 0 Å². The lowest BCUT2D eigenvalue weighted by molar-refractivity contribution is -0.117. The zero-order valence-electron chi connectivity index (χ0n) is 13.2. The molecule has 1 saturated carbocycles. The molecule has 3 nitrogen and oxygen atoms in total.